The summed E-state index contributed by atoms with van der Waals surface area (Å²) in [4.78, 5) is 31.5. The van der Waals surface area contributed by atoms with E-state index in [4.69, 9.17) is 0 Å². The number of nitrogens with zero attached hydrogens (tertiary/aromatic N) is 2. The third-order valence-electron chi connectivity index (χ3n) is 5.97. The van der Waals surface area contributed by atoms with Gasteiger partial charge in [0.25, 0.3) is 5.56 Å². The second kappa shape index (κ2) is 9.54. The molecule has 0 bridgehead atoms. The average Bonchev–Trinajstić information content (AvgIpc) is 3.27. The molecule has 0 radical (unpaired) electrons. The highest BCUT2D eigenvalue weighted by atomic mass is 19.1. The minimum atomic E-state index is -0.350. The molecule has 0 unspecified atom stereocenters. The number of hydrogen-bond acceptors (Lipinski definition) is 4. The van der Waals surface area contributed by atoms with Gasteiger partial charge in [-0.3, -0.25) is 10.1 Å². The Labute approximate surface area is 200 Å². The zero-order valence-corrected chi connectivity index (χ0v) is 19.2. The second-order valence-corrected chi connectivity index (χ2v) is 8.50. The lowest BCUT2D eigenvalue weighted by Gasteiger charge is -2.09. The van der Waals surface area contributed by atoms with Crippen LogP contribution in [0.25, 0.3) is 34.3 Å². The SMILES string of the molecule is CCCNC(=O)Nc1nc2cc(-c3cc(Cc4n[nH]c(=O)c5c4=CCCC=5)ccc3F)ccc2[nH]1. The first kappa shape index (κ1) is 22.5. The number of hydrogen-bond donors (Lipinski definition) is 4. The molecule has 0 atom stereocenters. The molecular formula is C26H25FN6O2. The van der Waals surface area contributed by atoms with Crippen LogP contribution < -0.4 is 26.6 Å². The van der Waals surface area contributed by atoms with Crippen molar-refractivity contribution in [2.45, 2.75) is 32.6 Å². The number of fused-ring (bicyclic) bond motifs is 2. The molecule has 35 heavy (non-hydrogen) atoms. The fourth-order valence-electron chi connectivity index (χ4n) is 4.26. The Balaban J connectivity index is 1.45. The van der Waals surface area contributed by atoms with Crippen LogP contribution in [0.4, 0.5) is 15.1 Å². The van der Waals surface area contributed by atoms with Gasteiger partial charge >= 0.3 is 6.03 Å². The molecule has 9 heteroatoms. The minimum Gasteiger partial charge on any atom is -0.338 e. The number of carbonyl (C=O) groups excluding carboxylic acids is 1. The maximum Gasteiger partial charge on any atom is 0.321 e. The molecule has 8 nitrogen and oxygen atoms in total. The van der Waals surface area contributed by atoms with Crippen LogP contribution in [0.5, 0.6) is 0 Å². The van der Waals surface area contributed by atoms with Crippen LogP contribution in [0, 0.1) is 5.82 Å². The molecule has 0 spiro atoms. The zero-order chi connectivity index (χ0) is 24.4. The van der Waals surface area contributed by atoms with E-state index in [2.05, 4.69) is 30.8 Å². The summed E-state index contributed by atoms with van der Waals surface area (Å²) < 4.78 is 14.8. The Morgan fingerprint density at radius 1 is 1.11 bits per heavy atom. The van der Waals surface area contributed by atoms with Gasteiger partial charge in [-0.15, -0.1) is 0 Å². The average molecular weight is 473 g/mol. The number of urea groups is 1. The summed E-state index contributed by atoms with van der Waals surface area (Å²) in [6.07, 6.45) is 6.96. The first-order valence-electron chi connectivity index (χ1n) is 11.6. The van der Waals surface area contributed by atoms with Gasteiger partial charge in [-0.1, -0.05) is 31.2 Å². The number of aromatic amines is 2. The summed E-state index contributed by atoms with van der Waals surface area (Å²) >= 11 is 0. The van der Waals surface area contributed by atoms with E-state index in [1.165, 1.54) is 6.07 Å². The van der Waals surface area contributed by atoms with E-state index in [1.807, 2.05) is 31.2 Å². The number of rotatable bonds is 6. The van der Waals surface area contributed by atoms with Crippen LogP contribution in [0.1, 0.15) is 37.4 Å². The third-order valence-corrected chi connectivity index (χ3v) is 5.97. The molecular weight excluding hydrogens is 447 g/mol. The summed E-state index contributed by atoms with van der Waals surface area (Å²) in [5.74, 6) is -0.0285. The summed E-state index contributed by atoms with van der Waals surface area (Å²) in [5, 5.41) is 13.7. The number of imidazole rings is 1. The van der Waals surface area contributed by atoms with Gasteiger partial charge in [0.15, 0.2) is 0 Å². The molecule has 1 aliphatic rings. The first-order chi connectivity index (χ1) is 17.0. The van der Waals surface area contributed by atoms with Crippen molar-refractivity contribution in [2.75, 3.05) is 11.9 Å². The Kier molecular flexibility index (Phi) is 6.13. The molecule has 0 aliphatic heterocycles. The first-order valence-corrected chi connectivity index (χ1v) is 11.6. The van der Waals surface area contributed by atoms with Crippen LogP contribution in [0.3, 0.4) is 0 Å². The highest BCUT2D eigenvalue weighted by Gasteiger charge is 2.13. The standard InChI is InChI=1S/C26H25FN6O2/c1-2-11-28-26(35)31-25-29-21-10-8-16(14-23(21)30-25)19-12-15(7-9-20(19)27)13-22-17-5-3-4-6-18(17)24(34)33-32-22/h5-10,12,14H,2-4,11,13H2,1H3,(H,33,34)(H3,28,29,30,31,35). The number of anilines is 1. The van der Waals surface area contributed by atoms with Crippen molar-refractivity contribution in [3.05, 3.63) is 74.3 Å². The van der Waals surface area contributed by atoms with Crippen molar-refractivity contribution < 1.29 is 9.18 Å². The zero-order valence-electron chi connectivity index (χ0n) is 19.2. The molecule has 0 saturated heterocycles. The van der Waals surface area contributed by atoms with Gasteiger partial charge in [-0.25, -0.2) is 19.3 Å². The Morgan fingerprint density at radius 3 is 2.77 bits per heavy atom. The molecule has 2 aromatic carbocycles. The number of nitrogens with one attached hydrogen (secondary N) is 4. The number of carbonyl (C=O) groups is 1. The van der Waals surface area contributed by atoms with Crippen molar-refractivity contribution in [3.63, 3.8) is 0 Å². The topological polar surface area (TPSA) is 116 Å². The monoisotopic (exact) mass is 472 g/mol. The summed E-state index contributed by atoms with van der Waals surface area (Å²) in [5.41, 5.74) is 3.89. The summed E-state index contributed by atoms with van der Waals surface area (Å²) in [6, 6.07) is 10.0. The van der Waals surface area contributed by atoms with E-state index >= 15 is 0 Å². The van der Waals surface area contributed by atoms with Gasteiger partial charge in [0, 0.05) is 29.0 Å². The van der Waals surface area contributed by atoms with Gasteiger partial charge in [0.2, 0.25) is 5.95 Å². The number of benzene rings is 2. The Morgan fingerprint density at radius 2 is 1.94 bits per heavy atom. The van der Waals surface area contributed by atoms with E-state index in [-0.39, 0.29) is 17.4 Å². The lowest BCUT2D eigenvalue weighted by Crippen LogP contribution is -2.45. The predicted molar refractivity (Wildman–Crippen MR) is 134 cm³/mol. The van der Waals surface area contributed by atoms with E-state index in [1.54, 1.807) is 18.2 Å². The van der Waals surface area contributed by atoms with Crippen molar-refractivity contribution in [1.29, 1.82) is 0 Å². The summed E-state index contributed by atoms with van der Waals surface area (Å²) in [7, 11) is 0. The molecule has 0 saturated carbocycles. The highest BCUT2D eigenvalue weighted by Crippen LogP contribution is 2.28. The molecule has 4 aromatic rings. The van der Waals surface area contributed by atoms with Crippen LogP contribution >= 0.6 is 0 Å². The van der Waals surface area contributed by atoms with Crippen molar-refractivity contribution in [1.82, 2.24) is 25.5 Å². The molecule has 178 valence electrons. The molecule has 0 fully saturated rings. The molecule has 1 aliphatic carbocycles. The maximum atomic E-state index is 14.8. The maximum absolute atomic E-state index is 14.8. The van der Waals surface area contributed by atoms with Gasteiger partial charge in [0.05, 0.1) is 16.7 Å². The van der Waals surface area contributed by atoms with Crippen molar-refractivity contribution in [3.8, 4) is 11.1 Å². The van der Waals surface area contributed by atoms with Gasteiger partial charge < -0.3 is 10.3 Å². The lowest BCUT2D eigenvalue weighted by molar-refractivity contribution is 0.252. The number of amides is 2. The number of H-pyrrole nitrogens is 2. The van der Waals surface area contributed by atoms with Crippen LogP contribution in [-0.4, -0.2) is 32.7 Å². The second-order valence-electron chi connectivity index (χ2n) is 8.50. The molecule has 2 aromatic heterocycles. The van der Waals surface area contributed by atoms with Crippen LogP contribution in [0.2, 0.25) is 0 Å². The normalized spacial score (nSPS) is 12.5. The quantitative estimate of drug-likeness (QED) is 0.345. The fraction of sp³-hybridized carbons (Fsp3) is 0.231. The molecule has 4 N–H and O–H groups in total. The molecule has 2 amide bonds. The number of aromatic nitrogens is 4. The van der Waals surface area contributed by atoms with Crippen LogP contribution in [-0.2, 0) is 6.42 Å². The minimum absolute atomic E-state index is 0.191. The highest BCUT2D eigenvalue weighted by molar-refractivity contribution is 5.90. The van der Waals surface area contributed by atoms with E-state index in [9.17, 15) is 14.0 Å². The molecule has 2 heterocycles. The van der Waals surface area contributed by atoms with Gasteiger partial charge in [-0.2, -0.15) is 5.10 Å². The van der Waals surface area contributed by atoms with E-state index in [0.717, 1.165) is 41.3 Å². The van der Waals surface area contributed by atoms with Gasteiger partial charge in [-0.05, 0) is 54.7 Å². The van der Waals surface area contributed by atoms with Crippen molar-refractivity contribution in [2.24, 2.45) is 0 Å². The smallest absolute Gasteiger partial charge is 0.321 e. The Bertz CT molecular complexity index is 1600. The fourth-order valence-corrected chi connectivity index (χ4v) is 4.26. The van der Waals surface area contributed by atoms with Crippen LogP contribution in [0.15, 0.2) is 41.2 Å². The third kappa shape index (κ3) is 4.70. The Hall–Kier alpha value is -4.27. The predicted octanol–water partition coefficient (Wildman–Crippen LogP) is 2.93. The lowest BCUT2D eigenvalue weighted by atomic mass is 9.98. The van der Waals surface area contributed by atoms with Gasteiger partial charge in [0.1, 0.15) is 5.82 Å². The van der Waals surface area contributed by atoms with Crippen molar-refractivity contribution >= 4 is 35.2 Å². The number of halogens is 1. The summed E-state index contributed by atoms with van der Waals surface area (Å²) in [6.45, 7) is 2.54. The molecule has 5 rings (SSSR count). The van der Waals surface area contributed by atoms with E-state index in [0.29, 0.717) is 40.8 Å². The van der Waals surface area contributed by atoms with E-state index < -0.39 is 0 Å². The largest absolute Gasteiger partial charge is 0.338 e.